The highest BCUT2D eigenvalue weighted by Crippen LogP contribution is 2.33. The molecule has 4 N–H and O–H groups in total. The number of nitrogens with one attached hydrogen (secondary N) is 1. The van der Waals surface area contributed by atoms with E-state index in [1.807, 2.05) is 0 Å². The van der Waals surface area contributed by atoms with E-state index in [2.05, 4.69) is 34.7 Å². The smallest absolute Gasteiger partial charge is 0.139 e. The molecule has 1 aliphatic rings. The van der Waals surface area contributed by atoms with Gasteiger partial charge in [-0.25, -0.2) is 0 Å². The van der Waals surface area contributed by atoms with Gasteiger partial charge in [-0.05, 0) is 30.5 Å². The van der Waals surface area contributed by atoms with Gasteiger partial charge in [0.1, 0.15) is 5.84 Å². The van der Waals surface area contributed by atoms with Gasteiger partial charge in [0.2, 0.25) is 0 Å². The number of rotatable bonds is 6. The molecule has 1 atom stereocenters. The van der Waals surface area contributed by atoms with Gasteiger partial charge in [0.15, 0.2) is 0 Å². The van der Waals surface area contributed by atoms with Crippen molar-refractivity contribution < 1.29 is 5.21 Å². The first kappa shape index (κ1) is 11.9. The minimum Gasteiger partial charge on any atom is -0.409 e. The van der Waals surface area contributed by atoms with Crippen LogP contribution in [0.2, 0.25) is 0 Å². The molecule has 1 aromatic rings. The van der Waals surface area contributed by atoms with E-state index in [0.717, 1.165) is 19.5 Å². The Morgan fingerprint density at radius 1 is 1.47 bits per heavy atom. The van der Waals surface area contributed by atoms with Gasteiger partial charge < -0.3 is 16.3 Å². The number of nitrogens with two attached hydrogens (primary N) is 1. The summed E-state index contributed by atoms with van der Waals surface area (Å²) in [4.78, 5) is 0. The number of fused-ring (bicyclic) bond motifs is 1. The molecule has 0 fully saturated rings. The number of amidine groups is 1. The molecule has 1 unspecified atom stereocenters. The Bertz CT molecular complexity index is 403. The normalized spacial score (nSPS) is 18.6. The Labute approximate surface area is 102 Å². The maximum atomic E-state index is 8.38. The van der Waals surface area contributed by atoms with Gasteiger partial charge in [0, 0.05) is 18.9 Å². The molecule has 1 aliphatic carbocycles. The van der Waals surface area contributed by atoms with Crippen LogP contribution >= 0.6 is 0 Å². The van der Waals surface area contributed by atoms with Crippen molar-refractivity contribution in [3.05, 3.63) is 35.4 Å². The van der Waals surface area contributed by atoms with Crippen LogP contribution in [0.25, 0.3) is 0 Å². The second-order valence-electron chi connectivity index (χ2n) is 4.50. The fourth-order valence-corrected chi connectivity index (χ4v) is 2.27. The van der Waals surface area contributed by atoms with Gasteiger partial charge in [-0.3, -0.25) is 0 Å². The molecule has 0 saturated heterocycles. The van der Waals surface area contributed by atoms with Gasteiger partial charge in [0.05, 0.1) is 0 Å². The Balaban J connectivity index is 1.62. The largest absolute Gasteiger partial charge is 0.409 e. The van der Waals surface area contributed by atoms with Crippen molar-refractivity contribution in [3.8, 4) is 0 Å². The summed E-state index contributed by atoms with van der Waals surface area (Å²) in [6.45, 7) is 1.93. The Hall–Kier alpha value is -1.55. The van der Waals surface area contributed by atoms with Gasteiger partial charge in [-0.15, -0.1) is 0 Å². The third kappa shape index (κ3) is 2.97. The quantitative estimate of drug-likeness (QED) is 0.229. The molecule has 0 heterocycles. The highest BCUT2D eigenvalue weighted by Gasteiger charge is 2.24. The first-order valence-corrected chi connectivity index (χ1v) is 6.06. The van der Waals surface area contributed by atoms with Crippen LogP contribution in [0, 0.1) is 0 Å². The third-order valence-electron chi connectivity index (χ3n) is 3.27. The van der Waals surface area contributed by atoms with Crippen LogP contribution in [-0.2, 0) is 6.42 Å². The molecular formula is C13H19N3O. The van der Waals surface area contributed by atoms with E-state index in [-0.39, 0.29) is 0 Å². The predicted molar refractivity (Wildman–Crippen MR) is 68.4 cm³/mol. The molecular weight excluding hydrogens is 214 g/mol. The number of oxime groups is 1. The summed E-state index contributed by atoms with van der Waals surface area (Å²) >= 11 is 0. The maximum absolute atomic E-state index is 8.38. The van der Waals surface area contributed by atoms with Crippen molar-refractivity contribution in [2.45, 2.75) is 25.2 Å². The lowest BCUT2D eigenvalue weighted by Gasteiger charge is -2.30. The molecule has 0 radical (unpaired) electrons. The molecule has 0 aliphatic heterocycles. The van der Waals surface area contributed by atoms with Crippen LogP contribution in [0.15, 0.2) is 29.4 Å². The van der Waals surface area contributed by atoms with E-state index in [9.17, 15) is 0 Å². The molecule has 0 saturated carbocycles. The molecule has 4 heteroatoms. The molecule has 2 rings (SSSR count). The van der Waals surface area contributed by atoms with Crippen molar-refractivity contribution in [3.63, 3.8) is 0 Å². The average Bonchev–Trinajstić information content (AvgIpc) is 2.33. The summed E-state index contributed by atoms with van der Waals surface area (Å²) in [6, 6.07) is 8.61. The van der Waals surface area contributed by atoms with Gasteiger partial charge in [-0.1, -0.05) is 29.4 Å². The lowest BCUT2D eigenvalue weighted by atomic mass is 9.77. The number of hydrogen-bond donors (Lipinski definition) is 3. The van der Waals surface area contributed by atoms with E-state index in [1.54, 1.807) is 0 Å². The van der Waals surface area contributed by atoms with Crippen molar-refractivity contribution in [1.29, 1.82) is 0 Å². The molecule has 17 heavy (non-hydrogen) atoms. The monoisotopic (exact) mass is 233 g/mol. The lowest BCUT2D eigenvalue weighted by molar-refractivity contribution is 0.316. The van der Waals surface area contributed by atoms with Crippen LogP contribution in [0.3, 0.4) is 0 Å². The summed E-state index contributed by atoms with van der Waals surface area (Å²) in [5, 5.41) is 14.7. The molecule has 0 spiro atoms. The highest BCUT2D eigenvalue weighted by molar-refractivity contribution is 5.79. The molecule has 4 nitrogen and oxygen atoms in total. The Kier molecular flexibility index (Phi) is 3.98. The van der Waals surface area contributed by atoms with Gasteiger partial charge in [-0.2, -0.15) is 0 Å². The number of benzene rings is 1. The maximum Gasteiger partial charge on any atom is 0.139 e. The van der Waals surface area contributed by atoms with Crippen LogP contribution in [0.5, 0.6) is 0 Å². The number of nitrogens with zero attached hydrogens (tertiary/aromatic N) is 1. The zero-order valence-corrected chi connectivity index (χ0v) is 9.89. The van der Waals surface area contributed by atoms with E-state index >= 15 is 0 Å². The molecule has 0 aromatic heterocycles. The topological polar surface area (TPSA) is 70.6 Å². The summed E-state index contributed by atoms with van der Waals surface area (Å²) in [5.74, 6) is 0.968. The minimum absolute atomic E-state index is 0.306. The van der Waals surface area contributed by atoms with E-state index < -0.39 is 0 Å². The Morgan fingerprint density at radius 3 is 3.06 bits per heavy atom. The summed E-state index contributed by atoms with van der Waals surface area (Å²) < 4.78 is 0. The van der Waals surface area contributed by atoms with Gasteiger partial charge >= 0.3 is 0 Å². The Morgan fingerprint density at radius 2 is 2.29 bits per heavy atom. The summed E-state index contributed by atoms with van der Waals surface area (Å²) in [6.07, 6.45) is 2.73. The molecule has 0 bridgehead atoms. The van der Waals surface area contributed by atoms with Gasteiger partial charge in [0.25, 0.3) is 0 Å². The average molecular weight is 233 g/mol. The lowest BCUT2D eigenvalue weighted by Crippen LogP contribution is -2.30. The zero-order chi connectivity index (χ0) is 12.1. The molecule has 1 aromatic carbocycles. The fraction of sp³-hybridized carbons (Fsp3) is 0.462. The number of hydrogen-bond acceptors (Lipinski definition) is 3. The van der Waals surface area contributed by atoms with Crippen LogP contribution in [-0.4, -0.2) is 24.1 Å². The molecule has 92 valence electrons. The van der Waals surface area contributed by atoms with Crippen molar-refractivity contribution in [2.24, 2.45) is 10.9 Å². The fourth-order valence-electron chi connectivity index (χ4n) is 2.27. The molecule has 0 amide bonds. The van der Waals surface area contributed by atoms with Crippen molar-refractivity contribution >= 4 is 5.84 Å². The van der Waals surface area contributed by atoms with Crippen molar-refractivity contribution in [1.82, 2.24) is 5.32 Å². The first-order chi connectivity index (χ1) is 8.31. The standard InChI is InChI=1S/C13H19N3O/c14-13(16-17)6-3-7-15-9-11-8-10-4-1-2-5-12(10)11/h1-2,4-5,11,15,17H,3,6-9H2,(H2,14,16). The van der Waals surface area contributed by atoms with Crippen LogP contribution in [0.4, 0.5) is 0 Å². The predicted octanol–water partition coefficient (Wildman–Crippen LogP) is 1.44. The van der Waals surface area contributed by atoms with E-state index in [4.69, 9.17) is 10.9 Å². The SMILES string of the molecule is NC(CCCNCC1Cc2ccccc21)=NO. The van der Waals surface area contributed by atoms with Crippen molar-refractivity contribution in [2.75, 3.05) is 13.1 Å². The first-order valence-electron chi connectivity index (χ1n) is 6.06. The zero-order valence-electron chi connectivity index (χ0n) is 9.89. The van der Waals surface area contributed by atoms with Crippen LogP contribution < -0.4 is 11.1 Å². The van der Waals surface area contributed by atoms with E-state index in [0.29, 0.717) is 18.2 Å². The third-order valence-corrected chi connectivity index (χ3v) is 3.27. The highest BCUT2D eigenvalue weighted by atomic mass is 16.4. The summed E-state index contributed by atoms with van der Waals surface area (Å²) in [5.41, 5.74) is 8.35. The minimum atomic E-state index is 0.306. The van der Waals surface area contributed by atoms with Crippen LogP contribution in [0.1, 0.15) is 29.9 Å². The summed E-state index contributed by atoms with van der Waals surface area (Å²) in [7, 11) is 0. The second kappa shape index (κ2) is 5.68. The van der Waals surface area contributed by atoms with E-state index in [1.165, 1.54) is 17.5 Å². The second-order valence-corrected chi connectivity index (χ2v) is 4.50.